The van der Waals surface area contributed by atoms with Crippen molar-refractivity contribution in [2.75, 3.05) is 6.54 Å². The maximum Gasteiger partial charge on any atom is 0.326 e. The van der Waals surface area contributed by atoms with Gasteiger partial charge in [0.1, 0.15) is 17.5 Å². The van der Waals surface area contributed by atoms with Gasteiger partial charge < -0.3 is 15.0 Å². The van der Waals surface area contributed by atoms with Crippen molar-refractivity contribution in [1.82, 2.24) is 25.0 Å². The molecule has 3 N–H and O–H groups in total. The lowest BCUT2D eigenvalue weighted by Gasteiger charge is -2.24. The van der Waals surface area contributed by atoms with Crippen molar-refractivity contribution in [2.45, 2.75) is 37.3 Å². The molecule has 202 valence electrons. The fourth-order valence-electron chi connectivity index (χ4n) is 3.56. The molecule has 39 heavy (non-hydrogen) atoms. The summed E-state index contributed by atoms with van der Waals surface area (Å²) < 4.78 is 33.4. The Kier molecular flexibility index (Phi) is 8.22. The first-order valence-corrected chi connectivity index (χ1v) is 13.7. The third kappa shape index (κ3) is 7.59. The average Bonchev–Trinajstić information content (AvgIpc) is 3.32. The van der Waals surface area contributed by atoms with Crippen molar-refractivity contribution < 1.29 is 22.7 Å². The number of amides is 1. The van der Waals surface area contributed by atoms with Gasteiger partial charge in [0.25, 0.3) is 5.91 Å². The van der Waals surface area contributed by atoms with E-state index in [1.807, 2.05) is 18.2 Å². The molecule has 2 heterocycles. The van der Waals surface area contributed by atoms with Crippen molar-refractivity contribution >= 4 is 45.2 Å². The molecule has 0 bridgehead atoms. The molecule has 4 rings (SSSR count). The quantitative estimate of drug-likeness (QED) is 0.272. The van der Waals surface area contributed by atoms with Crippen LogP contribution in [-0.4, -0.2) is 53.4 Å². The standard InChI is InChI=1S/C28H29N5O5S/c1-28(2,3)38-27(35)23(33-39(36,37)21-8-5-4-6-9-21)18-30-26(34)20-14-11-19(12-15-20)13-16-24-31-22-10-7-17-29-25(22)32-24/h4-17,23,33H,18H2,1-3H3,(H,30,34)(H,29,31,32)/b16-13+. The summed E-state index contributed by atoms with van der Waals surface area (Å²) in [6.07, 6.45) is 5.33. The summed E-state index contributed by atoms with van der Waals surface area (Å²) >= 11 is 0. The van der Waals surface area contributed by atoms with Gasteiger partial charge in [-0.25, -0.2) is 18.4 Å². The summed E-state index contributed by atoms with van der Waals surface area (Å²) in [6, 6.07) is 16.8. The summed E-state index contributed by atoms with van der Waals surface area (Å²) in [5.41, 5.74) is 1.79. The number of hydrogen-bond donors (Lipinski definition) is 3. The average molecular weight is 548 g/mol. The molecule has 4 aromatic rings. The zero-order chi connectivity index (χ0) is 28.0. The van der Waals surface area contributed by atoms with E-state index in [-0.39, 0.29) is 11.4 Å². The Morgan fingerprint density at radius 1 is 1.00 bits per heavy atom. The molecule has 1 unspecified atom stereocenters. The Labute approximate surface area is 226 Å². The lowest BCUT2D eigenvalue weighted by atomic mass is 10.1. The van der Waals surface area contributed by atoms with E-state index in [2.05, 4.69) is 25.0 Å². The van der Waals surface area contributed by atoms with Crippen LogP contribution in [0.2, 0.25) is 0 Å². The van der Waals surface area contributed by atoms with E-state index in [1.165, 1.54) is 12.1 Å². The molecule has 2 aromatic heterocycles. The minimum atomic E-state index is -4.04. The van der Waals surface area contributed by atoms with E-state index >= 15 is 0 Å². The number of fused-ring (bicyclic) bond motifs is 1. The Hall–Kier alpha value is -4.35. The summed E-state index contributed by atoms with van der Waals surface area (Å²) in [7, 11) is -4.04. The molecule has 0 aliphatic rings. The lowest BCUT2D eigenvalue weighted by Crippen LogP contribution is -2.50. The summed E-state index contributed by atoms with van der Waals surface area (Å²) in [6.45, 7) is 4.72. The highest BCUT2D eigenvalue weighted by Crippen LogP contribution is 2.14. The van der Waals surface area contributed by atoms with Gasteiger partial charge in [-0.3, -0.25) is 9.59 Å². The predicted octanol–water partition coefficient (Wildman–Crippen LogP) is 3.55. The minimum Gasteiger partial charge on any atom is -0.459 e. The predicted molar refractivity (Wildman–Crippen MR) is 148 cm³/mol. The number of hydrogen-bond acceptors (Lipinski definition) is 7. The summed E-state index contributed by atoms with van der Waals surface area (Å²) in [4.78, 5) is 37.3. The molecule has 2 aromatic carbocycles. The molecular formula is C28H29N5O5S. The number of imidazole rings is 1. The molecule has 10 nitrogen and oxygen atoms in total. The normalized spacial score (nSPS) is 12.9. The number of pyridine rings is 1. The van der Waals surface area contributed by atoms with Gasteiger partial charge in [-0.15, -0.1) is 0 Å². The molecule has 0 radical (unpaired) electrons. The van der Waals surface area contributed by atoms with Gasteiger partial charge in [0.2, 0.25) is 10.0 Å². The van der Waals surface area contributed by atoms with E-state index in [0.717, 1.165) is 11.1 Å². The van der Waals surface area contributed by atoms with Gasteiger partial charge in [0.15, 0.2) is 5.65 Å². The molecule has 0 aliphatic heterocycles. The van der Waals surface area contributed by atoms with Crippen molar-refractivity contribution in [3.05, 3.63) is 89.9 Å². The first-order chi connectivity index (χ1) is 18.5. The smallest absolute Gasteiger partial charge is 0.326 e. The minimum absolute atomic E-state index is 0.00700. The fraction of sp³-hybridized carbons (Fsp3) is 0.214. The van der Waals surface area contributed by atoms with Crippen molar-refractivity contribution in [2.24, 2.45) is 0 Å². The van der Waals surface area contributed by atoms with Crippen LogP contribution in [0.1, 0.15) is 42.5 Å². The van der Waals surface area contributed by atoms with Gasteiger partial charge in [0.05, 0.1) is 10.4 Å². The second-order valence-electron chi connectivity index (χ2n) is 9.68. The highest BCUT2D eigenvalue weighted by molar-refractivity contribution is 7.89. The number of nitrogens with one attached hydrogen (secondary N) is 3. The van der Waals surface area contributed by atoms with Gasteiger partial charge >= 0.3 is 5.97 Å². The second-order valence-corrected chi connectivity index (χ2v) is 11.4. The van der Waals surface area contributed by atoms with Crippen molar-refractivity contribution in [1.29, 1.82) is 0 Å². The molecule has 1 atom stereocenters. The third-order valence-corrected chi connectivity index (χ3v) is 6.88. The Bertz CT molecular complexity index is 1560. The Morgan fingerprint density at radius 3 is 2.38 bits per heavy atom. The summed E-state index contributed by atoms with van der Waals surface area (Å²) in [5, 5.41) is 2.63. The van der Waals surface area contributed by atoms with Crippen LogP contribution in [0.4, 0.5) is 0 Å². The number of aromatic nitrogens is 3. The SMILES string of the molecule is CC(C)(C)OC(=O)C(CNC(=O)c1ccc(/C=C/c2nc3ncccc3[nH]2)cc1)NS(=O)(=O)c1ccccc1. The van der Waals surface area contributed by atoms with E-state index in [1.54, 1.807) is 75.5 Å². The van der Waals surface area contributed by atoms with Crippen LogP contribution >= 0.6 is 0 Å². The van der Waals surface area contributed by atoms with E-state index < -0.39 is 33.5 Å². The first kappa shape index (κ1) is 27.7. The number of H-pyrrole nitrogens is 1. The lowest BCUT2D eigenvalue weighted by molar-refractivity contribution is -0.156. The number of carbonyl (C=O) groups is 2. The van der Waals surface area contributed by atoms with Crippen molar-refractivity contribution in [3.8, 4) is 0 Å². The number of rotatable bonds is 9. The molecule has 0 spiro atoms. The first-order valence-electron chi connectivity index (χ1n) is 12.2. The maximum atomic E-state index is 12.8. The molecule has 0 fully saturated rings. The fourth-order valence-corrected chi connectivity index (χ4v) is 4.77. The Morgan fingerprint density at radius 2 is 1.72 bits per heavy atom. The summed E-state index contributed by atoms with van der Waals surface area (Å²) in [5.74, 6) is -0.624. The Balaban J connectivity index is 1.42. The molecule has 1 amide bonds. The van der Waals surface area contributed by atoms with Crippen molar-refractivity contribution in [3.63, 3.8) is 0 Å². The monoisotopic (exact) mass is 547 g/mol. The largest absolute Gasteiger partial charge is 0.459 e. The van der Waals surface area contributed by atoms with Crippen LogP contribution in [0.25, 0.3) is 23.3 Å². The second kappa shape index (κ2) is 11.6. The van der Waals surface area contributed by atoms with Crippen LogP contribution < -0.4 is 10.0 Å². The zero-order valence-corrected chi connectivity index (χ0v) is 22.5. The van der Waals surface area contributed by atoms with Gasteiger partial charge in [-0.1, -0.05) is 36.4 Å². The number of nitrogens with zero attached hydrogens (tertiary/aromatic N) is 2. The van der Waals surface area contributed by atoms with E-state index in [0.29, 0.717) is 17.0 Å². The number of benzene rings is 2. The van der Waals surface area contributed by atoms with Crippen LogP contribution in [-0.2, 0) is 19.6 Å². The van der Waals surface area contributed by atoms with Crippen LogP contribution in [0.5, 0.6) is 0 Å². The number of aromatic amines is 1. The molecule has 0 saturated heterocycles. The molecule has 0 aliphatic carbocycles. The maximum absolute atomic E-state index is 12.8. The highest BCUT2D eigenvalue weighted by Gasteiger charge is 2.30. The zero-order valence-electron chi connectivity index (χ0n) is 21.7. The molecule has 0 saturated carbocycles. The van der Waals surface area contributed by atoms with E-state index in [9.17, 15) is 18.0 Å². The number of carbonyl (C=O) groups excluding carboxylic acids is 2. The number of esters is 1. The van der Waals surface area contributed by atoms with Gasteiger partial charge in [-0.2, -0.15) is 4.72 Å². The highest BCUT2D eigenvalue weighted by atomic mass is 32.2. The van der Waals surface area contributed by atoms with E-state index in [4.69, 9.17) is 4.74 Å². The van der Waals surface area contributed by atoms with Gasteiger partial charge in [0, 0.05) is 18.3 Å². The van der Waals surface area contributed by atoms with Crippen LogP contribution in [0.3, 0.4) is 0 Å². The number of ether oxygens (including phenoxy) is 1. The van der Waals surface area contributed by atoms with Crippen LogP contribution in [0, 0.1) is 0 Å². The topological polar surface area (TPSA) is 143 Å². The third-order valence-electron chi connectivity index (χ3n) is 5.39. The number of sulfonamides is 1. The van der Waals surface area contributed by atoms with Crippen LogP contribution in [0.15, 0.2) is 77.8 Å². The van der Waals surface area contributed by atoms with Gasteiger partial charge in [-0.05, 0) is 68.8 Å². The molecule has 11 heteroatoms. The molecular weight excluding hydrogens is 518 g/mol.